The molecule has 5 aromatic rings. The maximum Gasteiger partial charge on any atom is 0.280 e. The van der Waals surface area contributed by atoms with E-state index in [2.05, 4.69) is 20.5 Å². The number of ether oxygens (including phenoxy) is 2. The zero-order chi connectivity index (χ0) is 26.9. The average Bonchev–Trinajstić information content (AvgIpc) is 3.65. The molecule has 2 aromatic heterocycles. The highest BCUT2D eigenvalue weighted by atomic mass is 16.5. The number of rotatable bonds is 13. The normalized spacial score (nSPS) is 11.2. The standard InChI is InChI=1S/C30H31N5O4/c1-37-20-8-4-2-3-5-9-21-38-25-18-16-23(17-19-25)29-33-32-28(39-29)22-12-14-24(15-13-22)30(36)35-27-11-7-6-10-26(27)31-34-35/h6-7,10-19H,2-5,8-9,20-21H2,1H3. The van der Waals surface area contributed by atoms with Gasteiger partial charge in [-0.2, -0.15) is 4.68 Å². The molecule has 2 heterocycles. The Morgan fingerprint density at radius 2 is 1.36 bits per heavy atom. The molecule has 200 valence electrons. The second-order valence-corrected chi connectivity index (χ2v) is 9.27. The second kappa shape index (κ2) is 12.9. The zero-order valence-electron chi connectivity index (χ0n) is 22.0. The third-order valence-electron chi connectivity index (χ3n) is 6.46. The predicted molar refractivity (Wildman–Crippen MR) is 147 cm³/mol. The Kier molecular flexibility index (Phi) is 8.70. The van der Waals surface area contributed by atoms with Gasteiger partial charge in [-0.3, -0.25) is 4.79 Å². The summed E-state index contributed by atoms with van der Waals surface area (Å²) in [7, 11) is 1.75. The molecule has 0 unspecified atom stereocenters. The topological polar surface area (TPSA) is 105 Å². The summed E-state index contributed by atoms with van der Waals surface area (Å²) in [4.78, 5) is 12.9. The van der Waals surface area contributed by atoms with Crippen molar-refractivity contribution in [2.24, 2.45) is 0 Å². The molecule has 0 spiro atoms. The van der Waals surface area contributed by atoms with E-state index in [0.29, 0.717) is 40.5 Å². The van der Waals surface area contributed by atoms with Crippen molar-refractivity contribution in [3.63, 3.8) is 0 Å². The molecule has 9 nitrogen and oxygen atoms in total. The first-order chi connectivity index (χ1) is 19.2. The summed E-state index contributed by atoms with van der Waals surface area (Å²) in [5.74, 6) is 1.35. The molecule has 0 amide bonds. The first-order valence-electron chi connectivity index (χ1n) is 13.2. The minimum absolute atomic E-state index is 0.262. The van der Waals surface area contributed by atoms with E-state index in [1.807, 2.05) is 48.5 Å². The Hall–Kier alpha value is -4.37. The minimum atomic E-state index is -0.262. The number of para-hydroxylation sites is 1. The van der Waals surface area contributed by atoms with E-state index >= 15 is 0 Å². The van der Waals surface area contributed by atoms with Crippen LogP contribution >= 0.6 is 0 Å². The van der Waals surface area contributed by atoms with Crippen LogP contribution in [0.1, 0.15) is 48.9 Å². The summed E-state index contributed by atoms with van der Waals surface area (Å²) in [6.07, 6.45) is 7.04. The van der Waals surface area contributed by atoms with Gasteiger partial charge in [0.15, 0.2) is 0 Å². The number of benzene rings is 3. The number of hydrogen-bond donors (Lipinski definition) is 0. The van der Waals surface area contributed by atoms with E-state index in [1.165, 1.54) is 30.4 Å². The van der Waals surface area contributed by atoms with Crippen molar-refractivity contribution >= 4 is 16.9 Å². The van der Waals surface area contributed by atoms with Gasteiger partial charge < -0.3 is 13.9 Å². The molecule has 0 aliphatic carbocycles. The molecule has 5 rings (SSSR count). The van der Waals surface area contributed by atoms with Crippen LogP contribution in [0.3, 0.4) is 0 Å². The van der Waals surface area contributed by atoms with Crippen molar-refractivity contribution in [3.8, 4) is 28.7 Å². The van der Waals surface area contributed by atoms with Crippen molar-refractivity contribution in [1.29, 1.82) is 0 Å². The van der Waals surface area contributed by atoms with Crippen molar-refractivity contribution in [2.45, 2.75) is 38.5 Å². The molecule has 0 aliphatic heterocycles. The van der Waals surface area contributed by atoms with Gasteiger partial charge >= 0.3 is 0 Å². The second-order valence-electron chi connectivity index (χ2n) is 9.27. The third-order valence-corrected chi connectivity index (χ3v) is 6.46. The molecule has 0 saturated carbocycles. The summed E-state index contributed by atoms with van der Waals surface area (Å²) in [6.45, 7) is 1.55. The highest BCUT2D eigenvalue weighted by Gasteiger charge is 2.16. The van der Waals surface area contributed by atoms with E-state index < -0.39 is 0 Å². The first kappa shape index (κ1) is 26.2. The lowest BCUT2D eigenvalue weighted by atomic mass is 10.1. The van der Waals surface area contributed by atoms with Crippen molar-refractivity contribution in [2.75, 3.05) is 20.3 Å². The van der Waals surface area contributed by atoms with Crippen LogP contribution in [0.25, 0.3) is 33.9 Å². The van der Waals surface area contributed by atoms with Crippen LogP contribution in [0.15, 0.2) is 77.2 Å². The lowest BCUT2D eigenvalue weighted by molar-refractivity contribution is 0.0948. The predicted octanol–water partition coefficient (Wildman–Crippen LogP) is 6.20. The lowest BCUT2D eigenvalue weighted by Gasteiger charge is -2.06. The Labute approximate surface area is 226 Å². The fourth-order valence-corrected chi connectivity index (χ4v) is 4.29. The molecule has 0 bridgehead atoms. The minimum Gasteiger partial charge on any atom is -0.494 e. The molecule has 3 aromatic carbocycles. The van der Waals surface area contributed by atoms with Crippen LogP contribution in [0.4, 0.5) is 0 Å². The van der Waals surface area contributed by atoms with Gasteiger partial charge in [-0.05, 0) is 73.5 Å². The summed E-state index contributed by atoms with van der Waals surface area (Å²) >= 11 is 0. The van der Waals surface area contributed by atoms with Crippen LogP contribution in [-0.4, -0.2) is 51.4 Å². The zero-order valence-corrected chi connectivity index (χ0v) is 22.0. The molecule has 0 fully saturated rings. The van der Waals surface area contributed by atoms with E-state index in [1.54, 1.807) is 31.4 Å². The third kappa shape index (κ3) is 6.56. The molecular formula is C30H31N5O4. The Morgan fingerprint density at radius 3 is 2.05 bits per heavy atom. The van der Waals surface area contributed by atoms with E-state index in [-0.39, 0.29) is 5.91 Å². The number of methoxy groups -OCH3 is 1. The highest BCUT2D eigenvalue weighted by molar-refractivity contribution is 6.00. The number of hydrogen-bond acceptors (Lipinski definition) is 8. The number of carbonyl (C=O) groups excluding carboxylic acids is 1. The fourth-order valence-electron chi connectivity index (χ4n) is 4.29. The summed E-state index contributed by atoms with van der Waals surface area (Å²) in [5.41, 5.74) is 3.33. The lowest BCUT2D eigenvalue weighted by Crippen LogP contribution is -2.13. The molecule has 0 aliphatic rings. The molecule has 0 atom stereocenters. The van der Waals surface area contributed by atoms with Gasteiger partial charge in [0.2, 0.25) is 11.8 Å². The summed E-state index contributed by atoms with van der Waals surface area (Å²) in [6, 6.07) is 22.0. The molecule has 0 N–H and O–H groups in total. The van der Waals surface area contributed by atoms with Crippen LogP contribution < -0.4 is 4.74 Å². The summed E-state index contributed by atoms with van der Waals surface area (Å²) in [5, 5.41) is 16.4. The maximum atomic E-state index is 12.9. The van der Waals surface area contributed by atoms with Crippen LogP contribution in [0.5, 0.6) is 5.75 Å². The smallest absolute Gasteiger partial charge is 0.280 e. The number of aromatic nitrogens is 5. The van der Waals surface area contributed by atoms with Crippen LogP contribution in [0.2, 0.25) is 0 Å². The number of carbonyl (C=O) groups is 1. The first-order valence-corrected chi connectivity index (χ1v) is 13.2. The largest absolute Gasteiger partial charge is 0.494 e. The highest BCUT2D eigenvalue weighted by Crippen LogP contribution is 2.26. The summed E-state index contributed by atoms with van der Waals surface area (Å²) < 4.78 is 18.2. The monoisotopic (exact) mass is 525 g/mol. The van der Waals surface area contributed by atoms with Gasteiger partial charge in [0.1, 0.15) is 11.3 Å². The van der Waals surface area contributed by atoms with Crippen LogP contribution in [-0.2, 0) is 4.74 Å². The van der Waals surface area contributed by atoms with Gasteiger partial charge in [-0.15, -0.1) is 15.3 Å². The molecular weight excluding hydrogens is 494 g/mol. The van der Waals surface area contributed by atoms with Gasteiger partial charge in [-0.25, -0.2) is 0 Å². The Balaban J connectivity index is 1.13. The van der Waals surface area contributed by atoms with Crippen molar-refractivity contribution in [3.05, 3.63) is 78.4 Å². The van der Waals surface area contributed by atoms with Crippen molar-refractivity contribution in [1.82, 2.24) is 25.2 Å². The van der Waals surface area contributed by atoms with E-state index in [4.69, 9.17) is 13.9 Å². The fraction of sp³-hybridized carbons (Fsp3) is 0.300. The Bertz CT molecular complexity index is 1490. The van der Waals surface area contributed by atoms with Gasteiger partial charge in [0, 0.05) is 30.4 Å². The molecule has 0 radical (unpaired) electrons. The average molecular weight is 526 g/mol. The molecule has 0 saturated heterocycles. The van der Waals surface area contributed by atoms with Gasteiger partial charge in [0.05, 0.1) is 12.1 Å². The number of unbranched alkanes of at least 4 members (excludes halogenated alkanes) is 5. The number of fused-ring (bicyclic) bond motifs is 1. The maximum absolute atomic E-state index is 12.9. The SMILES string of the molecule is COCCCCCCCCOc1ccc(-c2nnc(-c3ccc(C(=O)n4nnc5ccccc54)cc3)o2)cc1. The molecule has 39 heavy (non-hydrogen) atoms. The van der Waals surface area contributed by atoms with E-state index in [9.17, 15) is 4.79 Å². The Morgan fingerprint density at radius 1 is 0.744 bits per heavy atom. The van der Waals surface area contributed by atoms with Gasteiger partial charge in [-0.1, -0.05) is 43.0 Å². The van der Waals surface area contributed by atoms with Crippen molar-refractivity contribution < 1.29 is 18.7 Å². The number of nitrogens with zero attached hydrogens (tertiary/aromatic N) is 5. The van der Waals surface area contributed by atoms with Crippen LogP contribution in [0, 0.1) is 0 Å². The molecule has 9 heteroatoms. The quantitative estimate of drug-likeness (QED) is 0.167. The van der Waals surface area contributed by atoms with E-state index in [0.717, 1.165) is 30.8 Å². The van der Waals surface area contributed by atoms with Gasteiger partial charge in [0.25, 0.3) is 5.91 Å².